The molecule has 12 heteroatoms. The number of piperidine rings is 2. The molecule has 0 saturated carbocycles. The second kappa shape index (κ2) is 14.9. The minimum atomic E-state index is -1.11. The number of nitrogens with zero attached hydrogens (tertiary/aromatic N) is 5. The van der Waals surface area contributed by atoms with E-state index in [9.17, 15) is 24.6 Å². The van der Waals surface area contributed by atoms with Crippen molar-refractivity contribution >= 4 is 23.7 Å². The van der Waals surface area contributed by atoms with Gasteiger partial charge in [-0.3, -0.25) is 9.59 Å². The van der Waals surface area contributed by atoms with Crippen LogP contribution < -0.4 is 5.32 Å². The molecule has 3 heterocycles. The molecule has 2 aliphatic rings. The van der Waals surface area contributed by atoms with E-state index in [1.807, 2.05) is 34.6 Å². The monoisotopic (exact) mass is 618 g/mol. The average molecular weight is 619 g/mol. The van der Waals surface area contributed by atoms with Gasteiger partial charge in [0, 0.05) is 64.6 Å². The quantitative estimate of drug-likeness (QED) is 0.316. The number of carbonyl (C=O) groups excluding carboxylic acids is 2. The first kappa shape index (κ1) is 35.5. The van der Waals surface area contributed by atoms with Gasteiger partial charge in [-0.15, -0.1) is 0 Å². The predicted molar refractivity (Wildman–Crippen MR) is 169 cm³/mol. The Hall–Kier alpha value is -2.99. The number of ether oxygens (including phenoxy) is 1. The molecule has 2 aliphatic heterocycles. The van der Waals surface area contributed by atoms with Crippen LogP contribution in [0.4, 0.5) is 10.6 Å². The summed E-state index contributed by atoms with van der Waals surface area (Å²) in [6.07, 6.45) is 2.93. The molecular weight excluding hydrogens is 564 g/mol. The van der Waals surface area contributed by atoms with Crippen LogP contribution in [-0.4, -0.2) is 117 Å². The molecule has 0 aromatic carbocycles. The number of aliphatic hydroxyl groups is 1. The normalized spacial score (nSPS) is 20.1. The third-order valence-corrected chi connectivity index (χ3v) is 8.63. The van der Waals surface area contributed by atoms with Gasteiger partial charge < -0.3 is 35.0 Å². The maximum absolute atomic E-state index is 14.3. The Morgan fingerprint density at radius 3 is 2.32 bits per heavy atom. The molecule has 248 valence electrons. The number of rotatable bonds is 11. The van der Waals surface area contributed by atoms with Crippen molar-refractivity contribution in [3.63, 3.8) is 0 Å². The Labute approximate surface area is 262 Å². The first-order valence-corrected chi connectivity index (χ1v) is 15.9. The molecule has 2 saturated heterocycles. The number of aromatic nitrogens is 2. The summed E-state index contributed by atoms with van der Waals surface area (Å²) in [5.74, 6) is 0.289. The standard InChI is InChI=1S/C32H54N6O6/c1-21(2)18-38(28(40)25-17-34-29(31(3,4)5)35-26(25)33-12-9-15-44-8)24-16-22(19-37(20-24)30(41)42)27(39)36-13-10-23(11-14-36)32(6,7)43/h17,21-24,43H,9-16,18-20H2,1-8H3,(H,41,42)(H,33,34,35)/t22-,24+/m1/s1. The molecule has 1 aromatic rings. The summed E-state index contributed by atoms with van der Waals surface area (Å²) >= 11 is 0. The Bertz CT molecular complexity index is 1140. The zero-order valence-corrected chi connectivity index (χ0v) is 27.9. The van der Waals surface area contributed by atoms with Crippen molar-refractivity contribution in [1.29, 1.82) is 0 Å². The molecular formula is C32H54N6O6. The zero-order chi connectivity index (χ0) is 32.8. The molecule has 12 nitrogen and oxygen atoms in total. The van der Waals surface area contributed by atoms with Gasteiger partial charge in [-0.05, 0) is 51.4 Å². The van der Waals surface area contributed by atoms with Gasteiger partial charge in [0.05, 0.1) is 17.6 Å². The topological polar surface area (TPSA) is 148 Å². The highest BCUT2D eigenvalue weighted by Crippen LogP contribution is 2.31. The first-order chi connectivity index (χ1) is 20.5. The molecule has 3 rings (SSSR count). The fourth-order valence-corrected chi connectivity index (χ4v) is 6.10. The molecule has 3 amide bonds. The third-order valence-electron chi connectivity index (χ3n) is 8.63. The fourth-order valence-electron chi connectivity index (χ4n) is 6.10. The van der Waals surface area contributed by atoms with Crippen LogP contribution in [0, 0.1) is 17.8 Å². The van der Waals surface area contributed by atoms with Crippen molar-refractivity contribution in [2.45, 2.75) is 91.2 Å². The number of likely N-dealkylation sites (tertiary alicyclic amines) is 2. The first-order valence-electron chi connectivity index (χ1n) is 15.9. The van der Waals surface area contributed by atoms with Crippen molar-refractivity contribution in [2.75, 3.05) is 58.3 Å². The SMILES string of the molecule is COCCCNc1nc(C(C)(C)C)ncc1C(=O)N(CC(C)C)[C@H]1C[C@@H](C(=O)N2CCC(C(C)(C)O)CC2)CN(C(=O)O)C1. The highest BCUT2D eigenvalue weighted by Gasteiger charge is 2.41. The number of carbonyl (C=O) groups is 3. The van der Waals surface area contributed by atoms with Crippen LogP contribution in [0.25, 0.3) is 0 Å². The Morgan fingerprint density at radius 2 is 1.77 bits per heavy atom. The number of amides is 3. The van der Waals surface area contributed by atoms with E-state index in [1.165, 1.54) is 4.90 Å². The average Bonchev–Trinajstić information content (AvgIpc) is 2.96. The van der Waals surface area contributed by atoms with Gasteiger partial charge in [0.1, 0.15) is 17.2 Å². The lowest BCUT2D eigenvalue weighted by Crippen LogP contribution is -2.58. The van der Waals surface area contributed by atoms with Crippen LogP contribution in [-0.2, 0) is 14.9 Å². The van der Waals surface area contributed by atoms with Gasteiger partial charge in [-0.1, -0.05) is 34.6 Å². The summed E-state index contributed by atoms with van der Waals surface area (Å²) in [7, 11) is 1.64. The Balaban J connectivity index is 1.90. The second-order valence-electron chi connectivity index (χ2n) is 14.4. The molecule has 44 heavy (non-hydrogen) atoms. The van der Waals surface area contributed by atoms with E-state index in [4.69, 9.17) is 9.72 Å². The minimum absolute atomic E-state index is 0.0922. The number of hydrogen-bond acceptors (Lipinski definition) is 8. The van der Waals surface area contributed by atoms with Gasteiger partial charge in [-0.25, -0.2) is 14.8 Å². The molecule has 0 radical (unpaired) electrons. The van der Waals surface area contributed by atoms with Crippen molar-refractivity contribution in [2.24, 2.45) is 17.8 Å². The zero-order valence-electron chi connectivity index (χ0n) is 27.9. The van der Waals surface area contributed by atoms with Crippen LogP contribution in [0.1, 0.15) is 90.3 Å². The summed E-state index contributed by atoms with van der Waals surface area (Å²) in [5.41, 5.74) is -0.822. The Kier molecular flexibility index (Phi) is 12.0. The van der Waals surface area contributed by atoms with Crippen LogP contribution in [0.5, 0.6) is 0 Å². The fraction of sp³-hybridized carbons (Fsp3) is 0.781. The van der Waals surface area contributed by atoms with E-state index in [1.54, 1.807) is 37.0 Å². The van der Waals surface area contributed by atoms with Gasteiger partial charge >= 0.3 is 6.09 Å². The molecule has 2 fully saturated rings. The Morgan fingerprint density at radius 1 is 1.11 bits per heavy atom. The lowest BCUT2D eigenvalue weighted by atomic mass is 9.82. The molecule has 0 aliphatic carbocycles. The third kappa shape index (κ3) is 9.26. The molecule has 1 aromatic heterocycles. The molecule has 3 N–H and O–H groups in total. The number of carboxylic acid groups (broad SMARTS) is 1. The van der Waals surface area contributed by atoms with Crippen LogP contribution in [0.3, 0.4) is 0 Å². The molecule has 0 unspecified atom stereocenters. The smallest absolute Gasteiger partial charge is 0.407 e. The highest BCUT2D eigenvalue weighted by atomic mass is 16.5. The number of nitrogens with one attached hydrogen (secondary N) is 1. The molecule has 0 bridgehead atoms. The minimum Gasteiger partial charge on any atom is -0.465 e. The van der Waals surface area contributed by atoms with Crippen LogP contribution in [0.2, 0.25) is 0 Å². The van der Waals surface area contributed by atoms with E-state index in [-0.39, 0.29) is 42.2 Å². The van der Waals surface area contributed by atoms with Crippen LogP contribution >= 0.6 is 0 Å². The van der Waals surface area contributed by atoms with Gasteiger partial charge in [-0.2, -0.15) is 0 Å². The van der Waals surface area contributed by atoms with Crippen molar-refractivity contribution in [1.82, 2.24) is 24.7 Å². The van der Waals surface area contributed by atoms with E-state index in [0.717, 1.165) is 6.42 Å². The van der Waals surface area contributed by atoms with E-state index in [0.29, 0.717) is 69.3 Å². The van der Waals surface area contributed by atoms with Crippen LogP contribution in [0.15, 0.2) is 6.20 Å². The number of hydrogen-bond donors (Lipinski definition) is 3. The largest absolute Gasteiger partial charge is 0.465 e. The van der Waals surface area contributed by atoms with Gasteiger partial charge in [0.25, 0.3) is 5.91 Å². The van der Waals surface area contributed by atoms with Crippen molar-refractivity contribution in [3.05, 3.63) is 17.6 Å². The van der Waals surface area contributed by atoms with E-state index in [2.05, 4.69) is 10.3 Å². The summed E-state index contributed by atoms with van der Waals surface area (Å²) in [6, 6.07) is -0.499. The maximum atomic E-state index is 14.3. The van der Waals surface area contributed by atoms with E-state index >= 15 is 0 Å². The van der Waals surface area contributed by atoms with Gasteiger partial charge in [0.15, 0.2) is 0 Å². The van der Waals surface area contributed by atoms with Crippen molar-refractivity contribution < 1.29 is 29.3 Å². The second-order valence-corrected chi connectivity index (χ2v) is 14.4. The summed E-state index contributed by atoms with van der Waals surface area (Å²) in [6.45, 7) is 16.4. The highest BCUT2D eigenvalue weighted by molar-refractivity contribution is 5.98. The van der Waals surface area contributed by atoms with Crippen molar-refractivity contribution in [3.8, 4) is 0 Å². The lowest BCUT2D eigenvalue weighted by Gasteiger charge is -2.44. The molecule has 0 spiro atoms. The maximum Gasteiger partial charge on any atom is 0.407 e. The summed E-state index contributed by atoms with van der Waals surface area (Å²) < 4.78 is 5.18. The summed E-state index contributed by atoms with van der Waals surface area (Å²) in [4.78, 5) is 54.4. The van der Waals surface area contributed by atoms with E-state index < -0.39 is 23.7 Å². The predicted octanol–water partition coefficient (Wildman–Crippen LogP) is 3.70. The summed E-state index contributed by atoms with van der Waals surface area (Å²) in [5, 5.41) is 23.8. The lowest BCUT2D eigenvalue weighted by molar-refractivity contribution is -0.140. The van der Waals surface area contributed by atoms with Gasteiger partial charge in [0.2, 0.25) is 5.91 Å². The number of anilines is 1. The number of methoxy groups -OCH3 is 1. The molecule has 2 atom stereocenters.